The van der Waals surface area contributed by atoms with E-state index < -0.39 is 5.97 Å². The molecule has 132 valence electrons. The highest BCUT2D eigenvalue weighted by atomic mass is 35.5. The summed E-state index contributed by atoms with van der Waals surface area (Å²) in [5, 5.41) is 3.19. The Kier molecular flexibility index (Phi) is 6.21. The molecule has 0 spiro atoms. The van der Waals surface area contributed by atoms with Crippen LogP contribution in [0.3, 0.4) is 0 Å². The number of carbonyl (C=O) groups is 2. The third-order valence-corrected chi connectivity index (χ3v) is 3.97. The van der Waals surface area contributed by atoms with Crippen LogP contribution >= 0.6 is 11.6 Å². The Balaban J connectivity index is 1.80. The van der Waals surface area contributed by atoms with E-state index in [2.05, 4.69) is 26.1 Å². The number of rotatable bonds is 5. The van der Waals surface area contributed by atoms with E-state index in [4.69, 9.17) is 16.3 Å². The average molecular weight is 360 g/mol. The van der Waals surface area contributed by atoms with E-state index in [1.54, 1.807) is 36.4 Å². The van der Waals surface area contributed by atoms with Gasteiger partial charge >= 0.3 is 5.97 Å². The molecule has 4 nitrogen and oxygen atoms in total. The highest BCUT2D eigenvalue weighted by Gasteiger charge is 2.14. The summed E-state index contributed by atoms with van der Waals surface area (Å²) in [6, 6.07) is 14.4. The summed E-state index contributed by atoms with van der Waals surface area (Å²) < 4.78 is 5.12. The van der Waals surface area contributed by atoms with Crippen LogP contribution < -0.4 is 5.32 Å². The van der Waals surface area contributed by atoms with Crippen LogP contribution in [-0.4, -0.2) is 18.4 Å². The highest BCUT2D eigenvalue weighted by Crippen LogP contribution is 2.22. The van der Waals surface area contributed by atoms with Crippen molar-refractivity contribution in [2.75, 3.05) is 6.54 Å². The van der Waals surface area contributed by atoms with Gasteiger partial charge in [-0.2, -0.15) is 0 Å². The van der Waals surface area contributed by atoms with E-state index >= 15 is 0 Å². The van der Waals surface area contributed by atoms with Crippen LogP contribution in [-0.2, 0) is 21.6 Å². The lowest BCUT2D eigenvalue weighted by Crippen LogP contribution is -2.30. The number of hydrogen-bond donors (Lipinski definition) is 1. The van der Waals surface area contributed by atoms with Crippen molar-refractivity contribution in [3.8, 4) is 0 Å². The van der Waals surface area contributed by atoms with Crippen LogP contribution in [0.4, 0.5) is 0 Å². The van der Waals surface area contributed by atoms with Gasteiger partial charge in [0.1, 0.15) is 13.2 Å². The summed E-state index contributed by atoms with van der Waals surface area (Å²) in [5.74, 6) is -0.793. The molecule has 0 aliphatic carbocycles. The van der Waals surface area contributed by atoms with Crippen molar-refractivity contribution >= 4 is 23.5 Å². The van der Waals surface area contributed by atoms with Crippen molar-refractivity contribution in [1.82, 2.24) is 5.32 Å². The number of ether oxygens (including phenoxy) is 1. The second kappa shape index (κ2) is 8.17. The van der Waals surface area contributed by atoms with Gasteiger partial charge in [0.2, 0.25) is 0 Å². The Bertz CT molecular complexity index is 731. The highest BCUT2D eigenvalue weighted by molar-refractivity contribution is 6.30. The van der Waals surface area contributed by atoms with Gasteiger partial charge in [0.05, 0.1) is 0 Å². The lowest BCUT2D eigenvalue weighted by atomic mass is 9.87. The van der Waals surface area contributed by atoms with Crippen molar-refractivity contribution < 1.29 is 14.3 Å². The number of halogens is 1. The molecular formula is C20H22ClNO3. The van der Waals surface area contributed by atoms with Gasteiger partial charge in [0, 0.05) is 10.6 Å². The van der Waals surface area contributed by atoms with E-state index in [1.807, 2.05) is 12.1 Å². The molecule has 0 bridgehead atoms. The molecule has 2 aromatic carbocycles. The Morgan fingerprint density at radius 1 is 1.00 bits per heavy atom. The molecule has 0 saturated heterocycles. The largest absolute Gasteiger partial charge is 0.460 e. The summed E-state index contributed by atoms with van der Waals surface area (Å²) in [4.78, 5) is 23.8. The topological polar surface area (TPSA) is 55.4 Å². The molecule has 5 heteroatoms. The van der Waals surface area contributed by atoms with Gasteiger partial charge in [-0.15, -0.1) is 0 Å². The zero-order chi connectivity index (χ0) is 18.4. The number of nitrogens with one attached hydrogen (secondary N) is 1. The predicted molar refractivity (Wildman–Crippen MR) is 98.7 cm³/mol. The molecule has 0 unspecified atom stereocenters. The summed E-state index contributed by atoms with van der Waals surface area (Å²) in [5.41, 5.74) is 2.52. The van der Waals surface area contributed by atoms with E-state index in [0.717, 1.165) is 11.1 Å². The quantitative estimate of drug-likeness (QED) is 0.817. The van der Waals surface area contributed by atoms with Gasteiger partial charge in [-0.1, -0.05) is 56.6 Å². The maximum absolute atomic E-state index is 12.1. The van der Waals surface area contributed by atoms with Crippen LogP contribution in [0, 0.1) is 0 Å². The van der Waals surface area contributed by atoms with Gasteiger partial charge in [-0.05, 0) is 40.8 Å². The van der Waals surface area contributed by atoms with Crippen molar-refractivity contribution in [3.63, 3.8) is 0 Å². The normalized spacial score (nSPS) is 11.0. The molecule has 2 rings (SSSR count). The summed E-state index contributed by atoms with van der Waals surface area (Å²) in [6.45, 7) is 6.30. The zero-order valence-corrected chi connectivity index (χ0v) is 15.4. The zero-order valence-electron chi connectivity index (χ0n) is 14.6. The Morgan fingerprint density at radius 3 is 2.16 bits per heavy atom. The van der Waals surface area contributed by atoms with Crippen molar-refractivity contribution in [2.24, 2.45) is 0 Å². The molecule has 1 amide bonds. The third-order valence-electron chi connectivity index (χ3n) is 3.72. The number of carbonyl (C=O) groups excluding carboxylic acids is 2. The SMILES string of the molecule is CC(C)(C)c1ccc(C(=O)NCC(=O)OCc2ccc(Cl)cc2)cc1. The molecule has 25 heavy (non-hydrogen) atoms. The molecule has 0 atom stereocenters. The maximum atomic E-state index is 12.1. The first-order chi connectivity index (χ1) is 11.8. The molecule has 0 heterocycles. The third kappa shape index (κ3) is 5.91. The second-order valence-corrected chi connectivity index (χ2v) is 7.23. The minimum atomic E-state index is -0.491. The molecule has 0 saturated carbocycles. The van der Waals surface area contributed by atoms with E-state index in [-0.39, 0.29) is 24.5 Å². The van der Waals surface area contributed by atoms with Gasteiger partial charge in [-0.3, -0.25) is 9.59 Å². The second-order valence-electron chi connectivity index (χ2n) is 6.80. The number of esters is 1. The van der Waals surface area contributed by atoms with Gasteiger partial charge < -0.3 is 10.1 Å². The molecule has 2 aromatic rings. The summed E-state index contributed by atoms with van der Waals surface area (Å²) in [6.07, 6.45) is 0. The van der Waals surface area contributed by atoms with Crippen LogP contribution in [0.25, 0.3) is 0 Å². The molecule has 0 fully saturated rings. The van der Waals surface area contributed by atoms with Gasteiger partial charge in [0.15, 0.2) is 0 Å². The molecule has 0 aliphatic heterocycles. The molecule has 0 aromatic heterocycles. The number of benzene rings is 2. The van der Waals surface area contributed by atoms with Crippen molar-refractivity contribution in [1.29, 1.82) is 0 Å². The number of amides is 1. The fourth-order valence-electron chi connectivity index (χ4n) is 2.17. The smallest absolute Gasteiger partial charge is 0.325 e. The molecule has 1 N–H and O–H groups in total. The standard InChI is InChI=1S/C20H22ClNO3/c1-20(2,3)16-8-6-15(7-9-16)19(24)22-12-18(23)25-13-14-4-10-17(21)11-5-14/h4-11H,12-13H2,1-3H3,(H,22,24). The summed E-state index contributed by atoms with van der Waals surface area (Å²) >= 11 is 5.80. The maximum Gasteiger partial charge on any atom is 0.325 e. The van der Waals surface area contributed by atoms with Gasteiger partial charge in [-0.25, -0.2) is 0 Å². The van der Waals surface area contributed by atoms with Crippen LogP contribution in [0.1, 0.15) is 42.3 Å². The Morgan fingerprint density at radius 2 is 1.60 bits per heavy atom. The predicted octanol–water partition coefficient (Wildman–Crippen LogP) is 4.11. The van der Waals surface area contributed by atoms with Crippen LogP contribution in [0.15, 0.2) is 48.5 Å². The van der Waals surface area contributed by atoms with Crippen LogP contribution in [0.5, 0.6) is 0 Å². The fourth-order valence-corrected chi connectivity index (χ4v) is 2.30. The lowest BCUT2D eigenvalue weighted by molar-refractivity contribution is -0.143. The lowest BCUT2D eigenvalue weighted by Gasteiger charge is -2.19. The first kappa shape index (κ1) is 19.0. The molecule has 0 radical (unpaired) electrons. The summed E-state index contributed by atoms with van der Waals surface area (Å²) in [7, 11) is 0. The minimum Gasteiger partial charge on any atom is -0.460 e. The van der Waals surface area contributed by atoms with E-state index in [9.17, 15) is 9.59 Å². The molecular weight excluding hydrogens is 338 g/mol. The van der Waals surface area contributed by atoms with Crippen LogP contribution in [0.2, 0.25) is 5.02 Å². The monoisotopic (exact) mass is 359 g/mol. The first-order valence-corrected chi connectivity index (χ1v) is 8.42. The van der Waals surface area contributed by atoms with E-state index in [1.165, 1.54) is 0 Å². The van der Waals surface area contributed by atoms with E-state index in [0.29, 0.717) is 10.6 Å². The average Bonchev–Trinajstić information content (AvgIpc) is 2.58. The Hall–Kier alpha value is -2.33. The van der Waals surface area contributed by atoms with Crippen molar-refractivity contribution in [3.05, 3.63) is 70.2 Å². The Labute approximate surface area is 153 Å². The fraction of sp³-hybridized carbons (Fsp3) is 0.300. The van der Waals surface area contributed by atoms with Gasteiger partial charge in [0.25, 0.3) is 5.91 Å². The van der Waals surface area contributed by atoms with Crippen molar-refractivity contribution in [2.45, 2.75) is 32.8 Å². The first-order valence-electron chi connectivity index (χ1n) is 8.04. The minimum absolute atomic E-state index is 0.0283. The number of hydrogen-bond acceptors (Lipinski definition) is 3. The molecule has 0 aliphatic rings.